The largest absolute Gasteiger partial charge is 0.458 e. The van der Waals surface area contributed by atoms with Crippen molar-refractivity contribution in [2.45, 2.75) is 82.6 Å². The third kappa shape index (κ3) is 6.91. The molecule has 1 aliphatic rings. The molecule has 180 valence electrons. The van der Waals surface area contributed by atoms with Crippen LogP contribution in [0.15, 0.2) is 29.2 Å². The van der Waals surface area contributed by atoms with Gasteiger partial charge in [-0.15, -0.1) is 0 Å². The summed E-state index contributed by atoms with van der Waals surface area (Å²) in [6.07, 6.45) is -2.33. The van der Waals surface area contributed by atoms with Crippen LogP contribution in [0.25, 0.3) is 0 Å². The normalized spacial score (nSPS) is 22.2. The number of alkyl carbamates (subject to hydrolysis) is 1. The highest BCUT2D eigenvalue weighted by atomic mass is 32.2. The third-order valence-electron chi connectivity index (χ3n) is 4.50. The lowest BCUT2D eigenvalue weighted by molar-refractivity contribution is -0.175. The van der Waals surface area contributed by atoms with Crippen LogP contribution in [0.4, 0.5) is 4.79 Å². The smallest absolute Gasteiger partial charge is 0.408 e. The number of carbonyl (C=O) groups is 2. The molecule has 0 saturated carbocycles. The standard InChI is InChI=1S/C22H33NO8S/c1-15-8-10-16(11-9-15)32(26,27)31-17-14-28-13-12-22(17,18(24)29-20(2,3)4)23-19(25)30-21(5,6)7/h8-11,17H,12-14H2,1-7H3,(H,23,25)/t17-,22+/m0/s1. The van der Waals surface area contributed by atoms with Crippen LogP contribution in [0, 0.1) is 6.92 Å². The summed E-state index contributed by atoms with van der Waals surface area (Å²) < 4.78 is 47.6. The molecule has 9 nitrogen and oxygen atoms in total. The van der Waals surface area contributed by atoms with Crippen LogP contribution in [-0.2, 0) is 33.3 Å². The Balaban J connectivity index is 2.44. The predicted octanol–water partition coefficient (Wildman–Crippen LogP) is 3.09. The Kier molecular flexibility index (Phi) is 7.63. The maximum atomic E-state index is 13.3. The number of rotatable bonds is 5. The molecule has 0 aliphatic carbocycles. The second-order valence-electron chi connectivity index (χ2n) is 9.78. The molecule has 1 aromatic rings. The summed E-state index contributed by atoms with van der Waals surface area (Å²) in [5.41, 5.74) is -2.68. The fraction of sp³-hybridized carbons (Fsp3) is 0.636. The molecule has 1 fully saturated rings. The van der Waals surface area contributed by atoms with Gasteiger partial charge in [0.1, 0.15) is 17.3 Å². The Morgan fingerprint density at radius 3 is 2.12 bits per heavy atom. The first-order valence-electron chi connectivity index (χ1n) is 10.4. The van der Waals surface area contributed by atoms with Crippen molar-refractivity contribution < 1.29 is 36.4 Å². The van der Waals surface area contributed by atoms with E-state index in [2.05, 4.69) is 5.32 Å². The first-order chi connectivity index (χ1) is 14.5. The van der Waals surface area contributed by atoms with Crippen molar-refractivity contribution in [3.8, 4) is 0 Å². The molecule has 2 atom stereocenters. The lowest BCUT2D eigenvalue weighted by atomic mass is 9.87. The lowest BCUT2D eigenvalue weighted by Crippen LogP contribution is -2.68. The van der Waals surface area contributed by atoms with Crippen molar-refractivity contribution >= 4 is 22.2 Å². The van der Waals surface area contributed by atoms with Crippen LogP contribution in [0.5, 0.6) is 0 Å². The van der Waals surface area contributed by atoms with E-state index in [4.69, 9.17) is 18.4 Å². The average Bonchev–Trinajstić information content (AvgIpc) is 2.60. The van der Waals surface area contributed by atoms with E-state index < -0.39 is 45.0 Å². The molecule has 1 amide bonds. The monoisotopic (exact) mass is 471 g/mol. The summed E-state index contributed by atoms with van der Waals surface area (Å²) in [6, 6.07) is 6.08. The zero-order chi connectivity index (χ0) is 24.4. The molecule has 1 aromatic carbocycles. The number of nitrogens with one attached hydrogen (secondary N) is 1. The van der Waals surface area contributed by atoms with E-state index in [-0.39, 0.29) is 24.5 Å². The Hall–Kier alpha value is -2.17. The van der Waals surface area contributed by atoms with E-state index in [1.165, 1.54) is 12.1 Å². The van der Waals surface area contributed by atoms with Gasteiger partial charge in [-0.3, -0.25) is 4.18 Å². The van der Waals surface area contributed by atoms with E-state index in [0.29, 0.717) is 0 Å². The van der Waals surface area contributed by atoms with Crippen LogP contribution in [0.2, 0.25) is 0 Å². The number of hydrogen-bond acceptors (Lipinski definition) is 8. The molecule has 0 radical (unpaired) electrons. The molecule has 0 bridgehead atoms. The van der Waals surface area contributed by atoms with Crippen molar-refractivity contribution in [3.63, 3.8) is 0 Å². The summed E-state index contributed by atoms with van der Waals surface area (Å²) in [7, 11) is -4.28. The van der Waals surface area contributed by atoms with Crippen molar-refractivity contribution in [1.82, 2.24) is 5.32 Å². The highest BCUT2D eigenvalue weighted by Gasteiger charge is 2.54. The Morgan fingerprint density at radius 1 is 1.03 bits per heavy atom. The molecule has 1 N–H and O–H groups in total. The molecular formula is C22H33NO8S. The summed E-state index contributed by atoms with van der Waals surface area (Å²) in [4.78, 5) is 25.8. The van der Waals surface area contributed by atoms with Gasteiger partial charge in [0, 0.05) is 13.0 Å². The number of carbonyl (C=O) groups excluding carboxylic acids is 2. The highest BCUT2D eigenvalue weighted by Crippen LogP contribution is 2.31. The fourth-order valence-electron chi connectivity index (χ4n) is 3.03. The molecule has 10 heteroatoms. The Labute approximate surface area is 189 Å². The Bertz CT molecular complexity index is 928. The summed E-state index contributed by atoms with van der Waals surface area (Å²) in [5, 5.41) is 2.54. The van der Waals surface area contributed by atoms with Gasteiger partial charge in [-0.25, -0.2) is 9.59 Å². The molecule has 0 spiro atoms. The fourth-order valence-corrected chi connectivity index (χ4v) is 4.14. The summed E-state index contributed by atoms with van der Waals surface area (Å²) in [5.74, 6) is -0.830. The molecule has 1 saturated heterocycles. The molecule has 32 heavy (non-hydrogen) atoms. The van der Waals surface area contributed by atoms with Gasteiger partial charge in [0.25, 0.3) is 10.1 Å². The summed E-state index contributed by atoms with van der Waals surface area (Å²) in [6.45, 7) is 11.7. The number of hydrogen-bond donors (Lipinski definition) is 1. The lowest BCUT2D eigenvalue weighted by Gasteiger charge is -2.42. The minimum Gasteiger partial charge on any atom is -0.458 e. The maximum absolute atomic E-state index is 13.3. The van der Waals surface area contributed by atoms with Crippen LogP contribution in [-0.4, -0.2) is 56.5 Å². The second kappa shape index (κ2) is 9.36. The zero-order valence-corrected chi connectivity index (χ0v) is 20.5. The topological polar surface area (TPSA) is 117 Å². The molecule has 1 heterocycles. The van der Waals surface area contributed by atoms with Crippen molar-refractivity contribution in [2.24, 2.45) is 0 Å². The average molecular weight is 472 g/mol. The predicted molar refractivity (Wildman–Crippen MR) is 117 cm³/mol. The molecule has 0 aromatic heterocycles. The van der Waals surface area contributed by atoms with Crippen LogP contribution in [0.3, 0.4) is 0 Å². The van der Waals surface area contributed by atoms with Crippen LogP contribution < -0.4 is 5.32 Å². The Morgan fingerprint density at radius 2 is 1.59 bits per heavy atom. The van der Waals surface area contributed by atoms with Gasteiger partial charge < -0.3 is 19.5 Å². The van der Waals surface area contributed by atoms with Crippen molar-refractivity contribution in [1.29, 1.82) is 0 Å². The molecule has 1 aliphatic heterocycles. The van der Waals surface area contributed by atoms with Crippen LogP contribution in [0.1, 0.15) is 53.5 Å². The second-order valence-corrected chi connectivity index (χ2v) is 11.3. The van der Waals surface area contributed by atoms with Gasteiger partial charge in [-0.1, -0.05) is 17.7 Å². The van der Waals surface area contributed by atoms with Crippen molar-refractivity contribution in [2.75, 3.05) is 13.2 Å². The van der Waals surface area contributed by atoms with E-state index in [9.17, 15) is 18.0 Å². The van der Waals surface area contributed by atoms with E-state index in [1.54, 1.807) is 53.7 Å². The number of aryl methyl sites for hydroxylation is 1. The van der Waals surface area contributed by atoms with Gasteiger partial charge in [-0.2, -0.15) is 8.42 Å². The number of amides is 1. The quantitative estimate of drug-likeness (QED) is 0.514. The number of esters is 1. The van der Waals surface area contributed by atoms with Gasteiger partial charge in [-0.05, 0) is 60.6 Å². The molecule has 0 unspecified atom stereocenters. The highest BCUT2D eigenvalue weighted by molar-refractivity contribution is 7.86. The van der Waals surface area contributed by atoms with Gasteiger partial charge in [0.05, 0.1) is 11.5 Å². The van der Waals surface area contributed by atoms with Gasteiger partial charge in [0.2, 0.25) is 0 Å². The zero-order valence-electron chi connectivity index (χ0n) is 19.7. The number of ether oxygens (including phenoxy) is 3. The molecular weight excluding hydrogens is 438 g/mol. The minimum absolute atomic E-state index is 0.0603. The molecule has 2 rings (SSSR count). The maximum Gasteiger partial charge on any atom is 0.408 e. The van der Waals surface area contributed by atoms with Gasteiger partial charge >= 0.3 is 12.1 Å². The third-order valence-corrected chi connectivity index (χ3v) is 5.83. The van der Waals surface area contributed by atoms with Crippen LogP contribution >= 0.6 is 0 Å². The summed E-state index contributed by atoms with van der Waals surface area (Å²) >= 11 is 0. The first kappa shape index (κ1) is 26.1. The van der Waals surface area contributed by atoms with Gasteiger partial charge in [0.15, 0.2) is 5.54 Å². The minimum atomic E-state index is -4.28. The van der Waals surface area contributed by atoms with E-state index in [0.717, 1.165) is 5.56 Å². The first-order valence-corrected chi connectivity index (χ1v) is 11.8. The SMILES string of the molecule is Cc1ccc(S(=O)(=O)O[C@H]2COCC[C@]2(NC(=O)OC(C)(C)C)C(=O)OC(C)(C)C)cc1. The number of benzene rings is 1. The van der Waals surface area contributed by atoms with Crippen molar-refractivity contribution in [3.05, 3.63) is 29.8 Å². The van der Waals surface area contributed by atoms with E-state index in [1.807, 2.05) is 6.92 Å². The van der Waals surface area contributed by atoms with E-state index >= 15 is 0 Å².